The van der Waals surface area contributed by atoms with Crippen molar-refractivity contribution in [3.8, 4) is 5.75 Å². The van der Waals surface area contributed by atoms with Crippen molar-refractivity contribution < 1.29 is 23.8 Å². The van der Waals surface area contributed by atoms with Gasteiger partial charge in [0.05, 0.1) is 7.11 Å². The molecule has 1 aromatic carbocycles. The number of carbonyl (C=O) groups is 1. The zero-order valence-electron chi connectivity index (χ0n) is 15.7. The molecule has 0 saturated heterocycles. The van der Waals surface area contributed by atoms with Crippen molar-refractivity contribution in [2.24, 2.45) is 0 Å². The first-order chi connectivity index (χ1) is 13.1. The van der Waals surface area contributed by atoms with E-state index >= 15 is 0 Å². The Balaban J connectivity index is 1.61. The number of urea groups is 1. The normalized spacial score (nSPS) is 18.3. The fourth-order valence-corrected chi connectivity index (χ4v) is 2.70. The number of rotatable bonds is 6. The highest BCUT2D eigenvalue weighted by Gasteiger charge is 2.22. The summed E-state index contributed by atoms with van der Waals surface area (Å²) in [5, 5.41) is 3.82. The van der Waals surface area contributed by atoms with E-state index in [1.165, 1.54) is 14.2 Å². The van der Waals surface area contributed by atoms with Crippen LogP contribution in [0.1, 0.15) is 19.8 Å². The average molecular weight is 372 g/mol. The van der Waals surface area contributed by atoms with Gasteiger partial charge in [-0.15, -0.1) is 0 Å². The van der Waals surface area contributed by atoms with E-state index in [1.54, 1.807) is 24.3 Å². The minimum absolute atomic E-state index is 0.238. The van der Waals surface area contributed by atoms with Gasteiger partial charge in [0.2, 0.25) is 6.29 Å². The quantitative estimate of drug-likeness (QED) is 0.765. The molecule has 2 aliphatic rings. The molecule has 0 spiro atoms. The molecule has 1 aliphatic carbocycles. The van der Waals surface area contributed by atoms with Crippen molar-refractivity contribution in [1.29, 1.82) is 0 Å². The molecule has 1 atom stereocenters. The number of fused-ring (bicyclic) bond motifs is 1. The Morgan fingerprint density at radius 2 is 2.07 bits per heavy atom. The number of nitrogens with zero attached hydrogens (tertiary/aromatic N) is 1. The lowest BCUT2D eigenvalue weighted by Crippen LogP contribution is -2.30. The van der Waals surface area contributed by atoms with E-state index in [0.29, 0.717) is 18.0 Å². The van der Waals surface area contributed by atoms with Gasteiger partial charge < -0.3 is 19.5 Å². The summed E-state index contributed by atoms with van der Waals surface area (Å²) in [6, 6.07) is 6.75. The number of nitrogens with one attached hydrogen (secondary N) is 1. The molecule has 7 nitrogen and oxygen atoms in total. The van der Waals surface area contributed by atoms with Crippen LogP contribution >= 0.6 is 0 Å². The van der Waals surface area contributed by atoms with Crippen LogP contribution in [0.2, 0.25) is 0 Å². The summed E-state index contributed by atoms with van der Waals surface area (Å²) in [4.78, 5) is 16.6. The van der Waals surface area contributed by atoms with Gasteiger partial charge in [0.1, 0.15) is 17.3 Å². The molecule has 0 bridgehead atoms. The number of hydrogen-bond acceptors (Lipinski definition) is 5. The maximum atomic E-state index is 11.8. The van der Waals surface area contributed by atoms with E-state index in [4.69, 9.17) is 19.0 Å². The summed E-state index contributed by atoms with van der Waals surface area (Å²) in [5.41, 5.74) is 1.80. The van der Waals surface area contributed by atoms with Crippen LogP contribution in [0.25, 0.3) is 0 Å². The van der Waals surface area contributed by atoms with Crippen molar-refractivity contribution in [3.05, 3.63) is 59.6 Å². The van der Waals surface area contributed by atoms with Gasteiger partial charge in [-0.2, -0.15) is 0 Å². The van der Waals surface area contributed by atoms with Gasteiger partial charge in [-0.25, -0.2) is 9.86 Å². The zero-order valence-corrected chi connectivity index (χ0v) is 15.7. The highest BCUT2D eigenvalue weighted by molar-refractivity contribution is 5.88. The van der Waals surface area contributed by atoms with Crippen molar-refractivity contribution in [3.63, 3.8) is 0 Å². The summed E-state index contributed by atoms with van der Waals surface area (Å²) < 4.78 is 17.3. The van der Waals surface area contributed by atoms with Crippen LogP contribution in [-0.4, -0.2) is 38.1 Å². The van der Waals surface area contributed by atoms with Crippen LogP contribution in [0.3, 0.4) is 0 Å². The number of ether oxygens (including phenoxy) is 3. The van der Waals surface area contributed by atoms with Crippen LogP contribution < -0.4 is 10.1 Å². The summed E-state index contributed by atoms with van der Waals surface area (Å²) in [6.07, 6.45) is 7.33. The molecule has 7 heteroatoms. The first-order valence-electron chi connectivity index (χ1n) is 8.85. The Bertz CT molecular complexity index is 767. The summed E-state index contributed by atoms with van der Waals surface area (Å²) in [7, 11) is 2.96. The van der Waals surface area contributed by atoms with Crippen LogP contribution in [0.5, 0.6) is 5.75 Å². The van der Waals surface area contributed by atoms with E-state index in [9.17, 15) is 4.79 Å². The van der Waals surface area contributed by atoms with Gasteiger partial charge in [-0.1, -0.05) is 6.08 Å². The Labute approximate surface area is 158 Å². The number of carbonyl (C=O) groups excluding carboxylic acids is 1. The van der Waals surface area contributed by atoms with Crippen LogP contribution in [-0.2, 0) is 14.3 Å². The van der Waals surface area contributed by atoms with Gasteiger partial charge >= 0.3 is 6.03 Å². The summed E-state index contributed by atoms with van der Waals surface area (Å²) >= 11 is 0. The molecular weight excluding hydrogens is 348 g/mol. The molecular formula is C20H24N2O5. The van der Waals surface area contributed by atoms with Gasteiger partial charge in [-0.05, 0) is 49.3 Å². The summed E-state index contributed by atoms with van der Waals surface area (Å²) in [6.45, 7) is 2.56. The molecule has 0 saturated carbocycles. The van der Waals surface area contributed by atoms with Gasteiger partial charge in [-0.3, -0.25) is 4.84 Å². The maximum Gasteiger partial charge on any atom is 0.345 e. The minimum Gasteiger partial charge on any atom is -0.464 e. The highest BCUT2D eigenvalue weighted by Crippen LogP contribution is 2.32. The Kier molecular flexibility index (Phi) is 6.16. The first-order valence-corrected chi connectivity index (χ1v) is 8.85. The number of benzene rings is 1. The van der Waals surface area contributed by atoms with Crippen molar-refractivity contribution >= 4 is 11.7 Å². The Morgan fingerprint density at radius 3 is 2.78 bits per heavy atom. The van der Waals surface area contributed by atoms with E-state index < -0.39 is 0 Å². The molecule has 1 unspecified atom stereocenters. The molecule has 2 amide bonds. The average Bonchev–Trinajstić information content (AvgIpc) is 2.69. The fraction of sp³-hybridized carbons (Fsp3) is 0.350. The second kappa shape index (κ2) is 8.75. The fourth-order valence-electron chi connectivity index (χ4n) is 2.70. The SMILES string of the molecule is CCOC1CC=C2CC=C(Oc3ccc(NC(=O)N(C)OC)cc3)C=C2O1. The van der Waals surface area contributed by atoms with Gasteiger partial charge in [0, 0.05) is 31.8 Å². The van der Waals surface area contributed by atoms with E-state index in [0.717, 1.165) is 35.0 Å². The largest absolute Gasteiger partial charge is 0.464 e. The van der Waals surface area contributed by atoms with Crippen molar-refractivity contribution in [2.75, 3.05) is 26.1 Å². The minimum atomic E-state index is -0.358. The molecule has 1 heterocycles. The molecule has 1 aromatic rings. The molecule has 3 rings (SSSR count). The predicted octanol–water partition coefficient (Wildman–Crippen LogP) is 3.97. The van der Waals surface area contributed by atoms with Crippen LogP contribution in [0.15, 0.2) is 59.6 Å². The number of anilines is 1. The molecule has 144 valence electrons. The predicted molar refractivity (Wildman–Crippen MR) is 101 cm³/mol. The maximum absolute atomic E-state index is 11.8. The lowest BCUT2D eigenvalue weighted by molar-refractivity contribution is -0.112. The number of hydrogen-bond donors (Lipinski definition) is 1. The topological polar surface area (TPSA) is 69.3 Å². The Hall–Kier alpha value is -2.77. The van der Waals surface area contributed by atoms with Crippen molar-refractivity contribution in [2.45, 2.75) is 26.1 Å². The van der Waals surface area contributed by atoms with E-state index in [1.807, 2.05) is 19.1 Å². The van der Waals surface area contributed by atoms with Crippen LogP contribution in [0.4, 0.5) is 10.5 Å². The zero-order chi connectivity index (χ0) is 19.2. The van der Waals surface area contributed by atoms with Crippen molar-refractivity contribution in [1.82, 2.24) is 5.06 Å². The third-order valence-corrected chi connectivity index (χ3v) is 4.18. The number of allylic oxidation sites excluding steroid dienone is 3. The first kappa shape index (κ1) is 19.0. The molecule has 0 aromatic heterocycles. The second-order valence-corrected chi connectivity index (χ2v) is 6.02. The van der Waals surface area contributed by atoms with E-state index in [2.05, 4.69) is 11.4 Å². The standard InChI is InChI=1S/C20H24N2O5/c1-4-25-19-12-6-14-5-9-17(13-18(14)27-19)26-16-10-7-15(8-11-16)21-20(23)22(2)24-3/h6-11,13,19H,4-5,12H2,1-3H3,(H,21,23). The summed E-state index contributed by atoms with van der Waals surface area (Å²) in [5.74, 6) is 2.18. The second-order valence-electron chi connectivity index (χ2n) is 6.02. The Morgan fingerprint density at radius 1 is 1.30 bits per heavy atom. The molecule has 0 radical (unpaired) electrons. The number of amides is 2. The smallest absolute Gasteiger partial charge is 0.345 e. The third kappa shape index (κ3) is 4.90. The highest BCUT2D eigenvalue weighted by atomic mass is 16.7. The van der Waals surface area contributed by atoms with Gasteiger partial charge in [0.15, 0.2) is 0 Å². The molecule has 27 heavy (non-hydrogen) atoms. The molecule has 1 aliphatic heterocycles. The number of hydroxylamine groups is 2. The monoisotopic (exact) mass is 372 g/mol. The molecule has 0 fully saturated rings. The van der Waals surface area contributed by atoms with Gasteiger partial charge in [0.25, 0.3) is 0 Å². The van der Waals surface area contributed by atoms with E-state index in [-0.39, 0.29) is 12.3 Å². The molecule has 1 N–H and O–H groups in total. The van der Waals surface area contributed by atoms with Crippen LogP contribution in [0, 0.1) is 0 Å². The lowest BCUT2D eigenvalue weighted by atomic mass is 10.0. The lowest BCUT2D eigenvalue weighted by Gasteiger charge is -2.27. The third-order valence-electron chi connectivity index (χ3n) is 4.18.